The van der Waals surface area contributed by atoms with Crippen LogP contribution in [0.2, 0.25) is 0 Å². The molecule has 0 aromatic heterocycles. The lowest BCUT2D eigenvalue weighted by molar-refractivity contribution is -0.138. The fraction of sp³-hybridized carbons (Fsp3) is 0.200. The third kappa shape index (κ3) is 2.78. The van der Waals surface area contributed by atoms with Crippen LogP contribution in [0, 0.1) is 0 Å². The average molecular weight is 273 g/mol. The summed E-state index contributed by atoms with van der Waals surface area (Å²) in [6.07, 6.45) is 0.0276. The quantitative estimate of drug-likeness (QED) is 0.722. The van der Waals surface area contributed by atoms with Crippen LogP contribution in [0.3, 0.4) is 0 Å². The first-order valence-electron chi connectivity index (χ1n) is 6.23. The van der Waals surface area contributed by atoms with Gasteiger partial charge < -0.3 is 15.9 Å². The van der Waals surface area contributed by atoms with Gasteiger partial charge in [-0.2, -0.15) is 0 Å². The normalized spacial score (nSPS) is 12.2. The first-order valence-corrected chi connectivity index (χ1v) is 6.23. The van der Waals surface area contributed by atoms with Crippen molar-refractivity contribution in [2.75, 3.05) is 0 Å². The topological polar surface area (TPSA) is 101 Å². The van der Waals surface area contributed by atoms with Gasteiger partial charge in [-0.15, -0.1) is 0 Å². The Morgan fingerprint density at radius 2 is 1.85 bits per heavy atom. The first kappa shape index (κ1) is 14.0. The Morgan fingerprint density at radius 1 is 1.15 bits per heavy atom. The lowest BCUT2D eigenvalue weighted by Crippen LogP contribution is -2.30. The third-order valence-electron chi connectivity index (χ3n) is 3.20. The molecule has 2 aromatic carbocycles. The summed E-state index contributed by atoms with van der Waals surface area (Å²) in [6, 6.07) is 9.41. The Morgan fingerprint density at radius 3 is 2.55 bits per heavy atom. The van der Waals surface area contributed by atoms with Crippen molar-refractivity contribution in [3.63, 3.8) is 0 Å². The van der Waals surface area contributed by atoms with Crippen LogP contribution in [-0.4, -0.2) is 28.0 Å². The molecule has 0 saturated heterocycles. The van der Waals surface area contributed by atoms with E-state index in [9.17, 15) is 14.7 Å². The molecule has 4 N–H and O–H groups in total. The second-order valence-corrected chi connectivity index (χ2v) is 4.59. The number of phenols is 1. The number of fused-ring (bicyclic) bond motifs is 1. The Kier molecular flexibility index (Phi) is 4.00. The molecule has 0 amide bonds. The maximum Gasteiger partial charge on any atom is 0.320 e. The van der Waals surface area contributed by atoms with E-state index in [1.165, 1.54) is 0 Å². The zero-order chi connectivity index (χ0) is 14.7. The molecule has 0 aliphatic carbocycles. The van der Waals surface area contributed by atoms with Gasteiger partial charge in [0.15, 0.2) is 5.78 Å². The highest BCUT2D eigenvalue weighted by Crippen LogP contribution is 2.29. The van der Waals surface area contributed by atoms with Crippen LogP contribution in [0.25, 0.3) is 10.8 Å². The second-order valence-electron chi connectivity index (χ2n) is 4.59. The minimum absolute atomic E-state index is 0.0145. The van der Waals surface area contributed by atoms with Crippen LogP contribution >= 0.6 is 0 Å². The van der Waals surface area contributed by atoms with Gasteiger partial charge in [-0.3, -0.25) is 9.59 Å². The number of aromatic hydroxyl groups is 1. The van der Waals surface area contributed by atoms with Gasteiger partial charge >= 0.3 is 5.97 Å². The summed E-state index contributed by atoms with van der Waals surface area (Å²) < 4.78 is 0. The molecule has 0 spiro atoms. The zero-order valence-electron chi connectivity index (χ0n) is 10.7. The minimum atomic E-state index is -1.14. The van der Waals surface area contributed by atoms with Crippen molar-refractivity contribution in [1.82, 2.24) is 0 Å². The minimum Gasteiger partial charge on any atom is -0.507 e. The molecule has 5 heteroatoms. The largest absolute Gasteiger partial charge is 0.507 e. The van der Waals surface area contributed by atoms with Crippen LogP contribution < -0.4 is 5.73 Å². The van der Waals surface area contributed by atoms with Crippen molar-refractivity contribution in [1.29, 1.82) is 0 Å². The summed E-state index contributed by atoms with van der Waals surface area (Å²) in [6.45, 7) is 0. The number of hydrogen-bond acceptors (Lipinski definition) is 4. The predicted octanol–water partition coefficient (Wildman–Crippen LogP) is 1.92. The van der Waals surface area contributed by atoms with Gasteiger partial charge in [-0.05, 0) is 17.9 Å². The first-order chi connectivity index (χ1) is 9.50. The molecule has 0 fully saturated rings. The highest BCUT2D eigenvalue weighted by molar-refractivity contribution is 6.04. The monoisotopic (exact) mass is 273 g/mol. The van der Waals surface area contributed by atoms with E-state index < -0.39 is 12.0 Å². The highest BCUT2D eigenvalue weighted by Gasteiger charge is 2.17. The number of hydrogen-bond donors (Lipinski definition) is 3. The molecule has 20 heavy (non-hydrogen) atoms. The maximum absolute atomic E-state index is 12.0. The van der Waals surface area contributed by atoms with Gasteiger partial charge in [0.1, 0.15) is 11.8 Å². The molecule has 5 nitrogen and oxygen atoms in total. The summed E-state index contributed by atoms with van der Waals surface area (Å²) in [5.74, 6) is -1.53. The molecule has 0 saturated carbocycles. The van der Waals surface area contributed by atoms with Crippen molar-refractivity contribution in [2.24, 2.45) is 5.73 Å². The number of Topliss-reactive ketones (excluding diaryl/α,β-unsaturated/α-hetero) is 1. The van der Waals surface area contributed by atoms with Crippen LogP contribution in [0.1, 0.15) is 23.2 Å². The van der Waals surface area contributed by atoms with Gasteiger partial charge in [-0.25, -0.2) is 0 Å². The van der Waals surface area contributed by atoms with Crippen molar-refractivity contribution >= 4 is 22.5 Å². The maximum atomic E-state index is 12.0. The summed E-state index contributed by atoms with van der Waals surface area (Å²) in [7, 11) is 0. The lowest BCUT2D eigenvalue weighted by atomic mass is 9.99. The van der Waals surface area contributed by atoms with Crippen LogP contribution in [0.5, 0.6) is 5.75 Å². The number of phenolic OH excluding ortho intramolecular Hbond substituents is 1. The molecule has 1 atom stereocenters. The Balaban J connectivity index is 2.22. The van der Waals surface area contributed by atoms with E-state index in [4.69, 9.17) is 10.8 Å². The molecule has 1 unspecified atom stereocenters. The standard InChI is InChI=1S/C15H15NO4/c16-12(15(19)20)7-8-13(17)11-6-5-9-3-1-2-4-10(9)14(11)18/h1-6,12,18H,7-8,16H2,(H,19,20). The SMILES string of the molecule is NC(CCC(=O)c1ccc2ccccc2c1O)C(=O)O. The highest BCUT2D eigenvalue weighted by atomic mass is 16.4. The number of carboxylic acids is 1. The van der Waals surface area contributed by atoms with Crippen LogP contribution in [0.15, 0.2) is 36.4 Å². The molecule has 0 bridgehead atoms. The van der Waals surface area contributed by atoms with Gasteiger partial charge in [0.25, 0.3) is 0 Å². The van der Waals surface area contributed by atoms with Crippen molar-refractivity contribution in [2.45, 2.75) is 18.9 Å². The molecule has 2 aromatic rings. The third-order valence-corrected chi connectivity index (χ3v) is 3.20. The van der Waals surface area contributed by atoms with E-state index >= 15 is 0 Å². The smallest absolute Gasteiger partial charge is 0.320 e. The van der Waals surface area contributed by atoms with E-state index in [2.05, 4.69) is 0 Å². The zero-order valence-corrected chi connectivity index (χ0v) is 10.7. The number of carbonyl (C=O) groups is 2. The van der Waals surface area contributed by atoms with Crippen LogP contribution in [-0.2, 0) is 4.79 Å². The number of carbonyl (C=O) groups excluding carboxylic acids is 1. The molecule has 0 heterocycles. The molecular weight excluding hydrogens is 258 g/mol. The molecule has 0 aliphatic heterocycles. The van der Waals surface area contributed by atoms with E-state index in [1.54, 1.807) is 24.3 Å². The molecule has 104 valence electrons. The molecule has 0 radical (unpaired) electrons. The summed E-state index contributed by atoms with van der Waals surface area (Å²) in [5.41, 5.74) is 5.55. The van der Waals surface area contributed by atoms with Gasteiger partial charge in [-0.1, -0.05) is 30.3 Å². The summed E-state index contributed by atoms with van der Waals surface area (Å²) in [4.78, 5) is 22.6. The number of nitrogens with two attached hydrogens (primary N) is 1. The molecular formula is C15H15NO4. The molecule has 0 aliphatic rings. The summed E-state index contributed by atoms with van der Waals surface area (Å²) >= 11 is 0. The van der Waals surface area contributed by atoms with Crippen molar-refractivity contribution in [3.8, 4) is 5.75 Å². The summed E-state index contributed by atoms with van der Waals surface area (Å²) in [5, 5.41) is 20.2. The van der Waals surface area contributed by atoms with Crippen molar-refractivity contribution < 1.29 is 19.8 Å². The number of carboxylic acid groups (broad SMARTS) is 1. The van der Waals surface area contributed by atoms with Gasteiger partial charge in [0, 0.05) is 11.8 Å². The second kappa shape index (κ2) is 5.71. The van der Waals surface area contributed by atoms with Crippen molar-refractivity contribution in [3.05, 3.63) is 42.0 Å². The number of benzene rings is 2. The lowest BCUT2D eigenvalue weighted by Gasteiger charge is -2.08. The average Bonchev–Trinajstić information content (AvgIpc) is 2.45. The number of ketones is 1. The van der Waals surface area contributed by atoms with E-state index in [0.717, 1.165) is 5.39 Å². The van der Waals surface area contributed by atoms with Gasteiger partial charge in [0.05, 0.1) is 5.56 Å². The molecule has 2 rings (SSSR count). The number of aliphatic carboxylic acids is 1. The Labute approximate surface area is 115 Å². The fourth-order valence-electron chi connectivity index (χ4n) is 2.02. The Bertz CT molecular complexity index is 666. The van der Waals surface area contributed by atoms with E-state index in [-0.39, 0.29) is 29.9 Å². The van der Waals surface area contributed by atoms with Crippen LogP contribution in [0.4, 0.5) is 0 Å². The number of rotatable bonds is 5. The van der Waals surface area contributed by atoms with Gasteiger partial charge in [0.2, 0.25) is 0 Å². The predicted molar refractivity (Wildman–Crippen MR) is 74.8 cm³/mol. The van der Waals surface area contributed by atoms with E-state index in [1.807, 2.05) is 12.1 Å². The fourth-order valence-corrected chi connectivity index (χ4v) is 2.02. The van der Waals surface area contributed by atoms with E-state index in [0.29, 0.717) is 5.39 Å². The Hall–Kier alpha value is -2.40.